The molecule has 234 valence electrons. The van der Waals surface area contributed by atoms with Crippen LogP contribution < -0.4 is 10.1 Å². The zero-order chi connectivity index (χ0) is 31.8. The highest BCUT2D eigenvalue weighted by molar-refractivity contribution is 7.89. The molecule has 46 heavy (non-hydrogen) atoms. The number of amides is 1. The summed E-state index contributed by atoms with van der Waals surface area (Å²) >= 11 is 0. The quantitative estimate of drug-likeness (QED) is 0.158. The molecular formula is C38H37N3O4S. The van der Waals surface area contributed by atoms with Crippen LogP contribution in [-0.2, 0) is 27.9 Å². The van der Waals surface area contributed by atoms with Crippen molar-refractivity contribution in [1.29, 1.82) is 0 Å². The van der Waals surface area contributed by atoms with Gasteiger partial charge in [-0.1, -0.05) is 79.9 Å². The maximum Gasteiger partial charge on any atom is 0.243 e. The number of nitrogens with one attached hydrogen (secondary N) is 1. The van der Waals surface area contributed by atoms with Gasteiger partial charge in [-0.15, -0.1) is 0 Å². The molecule has 8 heteroatoms. The van der Waals surface area contributed by atoms with Crippen LogP contribution in [0.15, 0.2) is 133 Å². The van der Waals surface area contributed by atoms with Crippen LogP contribution in [0.3, 0.4) is 0 Å². The Kier molecular flexibility index (Phi) is 9.86. The summed E-state index contributed by atoms with van der Waals surface area (Å²) in [6.07, 6.45) is 8.75. The number of anilines is 1. The molecule has 6 rings (SSSR count). The molecule has 0 unspecified atom stereocenters. The van der Waals surface area contributed by atoms with Gasteiger partial charge in [0.2, 0.25) is 15.9 Å². The summed E-state index contributed by atoms with van der Waals surface area (Å²) in [6.45, 7) is 0.361. The summed E-state index contributed by atoms with van der Waals surface area (Å²) < 4.78 is 35.2. The number of aromatic nitrogens is 1. The minimum absolute atomic E-state index is 0.107. The van der Waals surface area contributed by atoms with E-state index in [1.807, 2.05) is 84.9 Å². The molecule has 1 N–H and O–H groups in total. The molecule has 1 amide bonds. The number of hydrogen-bond donors (Lipinski definition) is 1. The fourth-order valence-electron chi connectivity index (χ4n) is 5.74. The largest absolute Gasteiger partial charge is 0.457 e. The highest BCUT2D eigenvalue weighted by Gasteiger charge is 2.25. The molecule has 5 aromatic rings. The topological polar surface area (TPSA) is 88.6 Å². The zero-order valence-electron chi connectivity index (χ0n) is 25.6. The van der Waals surface area contributed by atoms with Gasteiger partial charge >= 0.3 is 0 Å². The van der Waals surface area contributed by atoms with E-state index in [9.17, 15) is 13.2 Å². The minimum Gasteiger partial charge on any atom is -0.457 e. The van der Waals surface area contributed by atoms with Gasteiger partial charge in [0.1, 0.15) is 11.5 Å². The van der Waals surface area contributed by atoms with Crippen LogP contribution in [0, 0.1) is 5.92 Å². The van der Waals surface area contributed by atoms with Gasteiger partial charge in [-0.2, -0.15) is 4.31 Å². The van der Waals surface area contributed by atoms with Crippen molar-refractivity contribution in [2.45, 2.75) is 50.1 Å². The second kappa shape index (κ2) is 14.5. The van der Waals surface area contributed by atoms with Gasteiger partial charge in [0.15, 0.2) is 0 Å². The molecular weight excluding hydrogens is 595 g/mol. The molecule has 0 bridgehead atoms. The normalized spacial score (nSPS) is 13.8. The van der Waals surface area contributed by atoms with Gasteiger partial charge in [0.05, 0.1) is 4.90 Å². The second-order valence-corrected chi connectivity index (χ2v) is 13.6. The Morgan fingerprint density at radius 2 is 1.35 bits per heavy atom. The first-order valence-electron chi connectivity index (χ1n) is 15.7. The number of carbonyl (C=O) groups is 1. The fourth-order valence-corrected chi connectivity index (χ4v) is 7.15. The van der Waals surface area contributed by atoms with Crippen molar-refractivity contribution in [2.75, 3.05) is 5.32 Å². The summed E-state index contributed by atoms with van der Waals surface area (Å²) in [5.74, 6) is 1.45. The van der Waals surface area contributed by atoms with Crippen LogP contribution in [0.25, 0.3) is 11.1 Å². The Morgan fingerprint density at radius 1 is 0.717 bits per heavy atom. The standard InChI is InChI=1S/C38H37N3O4S/c42-38(33-9-3-1-4-10-33)40-34-19-17-32(18-20-34)31-15-13-29(14-16-31)27-41(28-30-8-7-25-39-26-30)46(43,44)37-23-21-36(22-24-37)45-35-11-5-2-6-12-35/h2,5-8,11-26,33H,1,3-4,9-10,27-28H2,(H,40,42). The zero-order valence-corrected chi connectivity index (χ0v) is 26.4. The fraction of sp³-hybridized carbons (Fsp3) is 0.211. The van der Waals surface area contributed by atoms with Crippen LogP contribution in [0.4, 0.5) is 5.69 Å². The third-order valence-corrected chi connectivity index (χ3v) is 10.1. The Bertz CT molecular complexity index is 1820. The summed E-state index contributed by atoms with van der Waals surface area (Å²) in [5.41, 5.74) is 4.47. The van der Waals surface area contributed by atoms with Gasteiger partial charge in [-0.25, -0.2) is 8.42 Å². The molecule has 0 radical (unpaired) electrons. The summed E-state index contributed by atoms with van der Waals surface area (Å²) in [4.78, 5) is 17.0. The Morgan fingerprint density at radius 3 is 2.00 bits per heavy atom. The predicted molar refractivity (Wildman–Crippen MR) is 181 cm³/mol. The Labute approximate surface area is 271 Å². The Balaban J connectivity index is 1.16. The number of hydrogen-bond acceptors (Lipinski definition) is 5. The lowest BCUT2D eigenvalue weighted by Crippen LogP contribution is -2.30. The van der Waals surface area contributed by atoms with E-state index >= 15 is 0 Å². The molecule has 1 aliphatic rings. The van der Waals surface area contributed by atoms with Gasteiger partial charge in [0.25, 0.3) is 0 Å². The van der Waals surface area contributed by atoms with Gasteiger partial charge in [0, 0.05) is 37.1 Å². The average Bonchev–Trinajstić information content (AvgIpc) is 3.10. The second-order valence-electron chi connectivity index (χ2n) is 11.6. The van der Waals surface area contributed by atoms with Crippen molar-refractivity contribution in [3.8, 4) is 22.6 Å². The highest BCUT2D eigenvalue weighted by Crippen LogP contribution is 2.28. The third-order valence-electron chi connectivity index (χ3n) is 8.30. The van der Waals surface area contributed by atoms with E-state index in [0.29, 0.717) is 11.5 Å². The van der Waals surface area contributed by atoms with E-state index in [2.05, 4.69) is 10.3 Å². The van der Waals surface area contributed by atoms with Crippen LogP contribution in [0.1, 0.15) is 43.2 Å². The van der Waals surface area contributed by atoms with Crippen molar-refractivity contribution in [3.05, 3.63) is 139 Å². The van der Waals surface area contributed by atoms with Gasteiger partial charge in [-0.05, 0) is 89.7 Å². The van der Waals surface area contributed by atoms with Crippen LogP contribution >= 0.6 is 0 Å². The lowest BCUT2D eigenvalue weighted by molar-refractivity contribution is -0.120. The van der Waals surface area contributed by atoms with Gasteiger partial charge in [-0.3, -0.25) is 9.78 Å². The average molecular weight is 632 g/mol. The number of pyridine rings is 1. The molecule has 1 aliphatic carbocycles. The first-order valence-corrected chi connectivity index (χ1v) is 17.1. The number of para-hydroxylation sites is 1. The van der Waals surface area contributed by atoms with Crippen LogP contribution in [-0.4, -0.2) is 23.6 Å². The van der Waals surface area contributed by atoms with E-state index in [0.717, 1.165) is 53.6 Å². The first kappa shape index (κ1) is 31.2. The van der Waals surface area contributed by atoms with Crippen molar-refractivity contribution < 1.29 is 17.9 Å². The molecule has 7 nitrogen and oxygen atoms in total. The van der Waals surface area contributed by atoms with E-state index in [1.54, 1.807) is 42.7 Å². The molecule has 1 saturated carbocycles. The summed E-state index contributed by atoms with van der Waals surface area (Å²) in [7, 11) is -3.86. The predicted octanol–water partition coefficient (Wildman–Crippen LogP) is 8.45. The van der Waals surface area contributed by atoms with Crippen molar-refractivity contribution in [3.63, 3.8) is 0 Å². The number of ether oxygens (including phenoxy) is 1. The third kappa shape index (κ3) is 7.88. The van der Waals surface area contributed by atoms with E-state index in [-0.39, 0.29) is 29.8 Å². The lowest BCUT2D eigenvalue weighted by Gasteiger charge is -2.23. The number of nitrogens with zero attached hydrogens (tertiary/aromatic N) is 2. The lowest BCUT2D eigenvalue weighted by atomic mass is 9.88. The van der Waals surface area contributed by atoms with Crippen molar-refractivity contribution in [2.24, 2.45) is 5.92 Å². The number of carbonyl (C=O) groups excluding carboxylic acids is 1. The molecule has 1 fully saturated rings. The molecule has 0 aliphatic heterocycles. The van der Waals surface area contributed by atoms with Gasteiger partial charge < -0.3 is 10.1 Å². The molecule has 1 heterocycles. The number of rotatable bonds is 11. The number of sulfonamides is 1. The molecule has 0 saturated heterocycles. The summed E-state index contributed by atoms with van der Waals surface area (Å²) in [5, 5.41) is 3.07. The summed E-state index contributed by atoms with van der Waals surface area (Å²) in [6, 6.07) is 35.3. The smallest absolute Gasteiger partial charge is 0.243 e. The van der Waals surface area contributed by atoms with Crippen molar-refractivity contribution >= 4 is 21.6 Å². The SMILES string of the molecule is O=C(Nc1ccc(-c2ccc(CN(Cc3cccnc3)S(=O)(=O)c3ccc(Oc4ccccc4)cc3)cc2)cc1)C1CCCCC1. The monoisotopic (exact) mass is 631 g/mol. The van der Waals surface area contributed by atoms with Crippen LogP contribution in [0.2, 0.25) is 0 Å². The van der Waals surface area contributed by atoms with E-state index in [4.69, 9.17) is 4.74 Å². The molecule has 4 aromatic carbocycles. The molecule has 1 aromatic heterocycles. The first-order chi connectivity index (χ1) is 22.4. The number of benzene rings is 4. The minimum atomic E-state index is -3.86. The van der Waals surface area contributed by atoms with Crippen LogP contribution in [0.5, 0.6) is 11.5 Å². The highest BCUT2D eigenvalue weighted by atomic mass is 32.2. The van der Waals surface area contributed by atoms with Crippen molar-refractivity contribution in [1.82, 2.24) is 9.29 Å². The molecule has 0 atom stereocenters. The maximum atomic E-state index is 13.9. The van der Waals surface area contributed by atoms with E-state index in [1.165, 1.54) is 10.7 Å². The van der Waals surface area contributed by atoms with E-state index < -0.39 is 10.0 Å². The molecule has 0 spiro atoms. The maximum absolute atomic E-state index is 13.9. The Hall–Kier alpha value is -4.79.